The van der Waals surface area contributed by atoms with Crippen molar-refractivity contribution in [3.63, 3.8) is 0 Å². The van der Waals surface area contributed by atoms with E-state index in [9.17, 15) is 5.11 Å². The lowest BCUT2D eigenvalue weighted by molar-refractivity contribution is 0.458. The molecule has 4 heteroatoms. The molecule has 0 fully saturated rings. The Morgan fingerprint density at radius 3 is 3.08 bits per heavy atom. The molecule has 0 radical (unpaired) electrons. The molecule has 0 unspecified atom stereocenters. The SMILES string of the molecule is NCc1ccc2ncoc2c1O. The largest absolute Gasteiger partial charge is 0.504 e. The highest BCUT2D eigenvalue weighted by Crippen LogP contribution is 2.27. The van der Waals surface area contributed by atoms with Gasteiger partial charge < -0.3 is 15.3 Å². The predicted molar refractivity (Wildman–Crippen MR) is 43.6 cm³/mol. The molecule has 0 saturated heterocycles. The van der Waals surface area contributed by atoms with E-state index in [2.05, 4.69) is 4.98 Å². The Morgan fingerprint density at radius 1 is 1.50 bits per heavy atom. The van der Waals surface area contributed by atoms with Gasteiger partial charge >= 0.3 is 0 Å². The minimum Gasteiger partial charge on any atom is -0.504 e. The zero-order valence-corrected chi connectivity index (χ0v) is 6.32. The van der Waals surface area contributed by atoms with Crippen molar-refractivity contribution < 1.29 is 9.52 Å². The second-order valence-corrected chi connectivity index (χ2v) is 2.48. The van der Waals surface area contributed by atoms with E-state index in [1.165, 1.54) is 6.39 Å². The molecule has 0 saturated carbocycles. The fourth-order valence-electron chi connectivity index (χ4n) is 1.12. The van der Waals surface area contributed by atoms with Crippen LogP contribution in [-0.2, 0) is 6.54 Å². The van der Waals surface area contributed by atoms with Crippen LogP contribution in [0.2, 0.25) is 0 Å². The minimum atomic E-state index is 0.0903. The summed E-state index contributed by atoms with van der Waals surface area (Å²) in [6.07, 6.45) is 1.30. The quantitative estimate of drug-likeness (QED) is 0.659. The Bertz CT molecular complexity index is 408. The maximum absolute atomic E-state index is 9.52. The summed E-state index contributed by atoms with van der Waals surface area (Å²) in [5, 5.41) is 9.52. The van der Waals surface area contributed by atoms with Crippen LogP contribution in [0.5, 0.6) is 5.75 Å². The maximum Gasteiger partial charge on any atom is 0.196 e. The molecule has 0 bridgehead atoms. The van der Waals surface area contributed by atoms with Gasteiger partial charge in [-0.1, -0.05) is 6.07 Å². The highest BCUT2D eigenvalue weighted by Gasteiger charge is 2.07. The van der Waals surface area contributed by atoms with Gasteiger partial charge in [-0.25, -0.2) is 4.98 Å². The first kappa shape index (κ1) is 7.12. The Labute approximate surface area is 68.6 Å². The number of hydrogen-bond acceptors (Lipinski definition) is 4. The van der Waals surface area contributed by atoms with Crippen LogP contribution < -0.4 is 5.73 Å². The lowest BCUT2D eigenvalue weighted by atomic mass is 10.2. The van der Waals surface area contributed by atoms with E-state index >= 15 is 0 Å². The zero-order chi connectivity index (χ0) is 8.55. The van der Waals surface area contributed by atoms with Gasteiger partial charge in [-0.15, -0.1) is 0 Å². The number of hydrogen-bond donors (Lipinski definition) is 2. The highest BCUT2D eigenvalue weighted by atomic mass is 16.4. The first-order chi connectivity index (χ1) is 5.83. The number of rotatable bonds is 1. The van der Waals surface area contributed by atoms with Crippen LogP contribution in [0, 0.1) is 0 Å². The number of oxazole rings is 1. The average Bonchev–Trinajstić information content (AvgIpc) is 2.53. The predicted octanol–water partition coefficient (Wildman–Crippen LogP) is 0.992. The molecule has 1 aromatic carbocycles. The maximum atomic E-state index is 9.52. The molecule has 0 aliphatic heterocycles. The molecule has 1 heterocycles. The third-order valence-corrected chi connectivity index (χ3v) is 1.78. The first-order valence-electron chi connectivity index (χ1n) is 3.57. The summed E-state index contributed by atoms with van der Waals surface area (Å²) in [6, 6.07) is 3.50. The Kier molecular flexibility index (Phi) is 1.48. The van der Waals surface area contributed by atoms with Crippen LogP contribution in [-0.4, -0.2) is 10.1 Å². The molecule has 0 aliphatic rings. The van der Waals surface area contributed by atoms with Gasteiger partial charge in [0.05, 0.1) is 0 Å². The van der Waals surface area contributed by atoms with E-state index in [-0.39, 0.29) is 5.75 Å². The van der Waals surface area contributed by atoms with E-state index in [0.29, 0.717) is 23.2 Å². The van der Waals surface area contributed by atoms with Crippen molar-refractivity contribution in [2.75, 3.05) is 0 Å². The van der Waals surface area contributed by atoms with Crippen molar-refractivity contribution in [1.29, 1.82) is 0 Å². The first-order valence-corrected chi connectivity index (χ1v) is 3.57. The summed E-state index contributed by atoms with van der Waals surface area (Å²) in [6.45, 7) is 0.294. The Hall–Kier alpha value is -1.55. The van der Waals surface area contributed by atoms with E-state index in [1.807, 2.05) is 0 Å². The number of aromatic nitrogens is 1. The van der Waals surface area contributed by atoms with Gasteiger partial charge in [0.2, 0.25) is 0 Å². The number of fused-ring (bicyclic) bond motifs is 1. The van der Waals surface area contributed by atoms with Gasteiger partial charge in [-0.2, -0.15) is 0 Å². The lowest BCUT2D eigenvalue weighted by Crippen LogP contribution is -1.96. The average molecular weight is 164 g/mol. The molecule has 4 nitrogen and oxygen atoms in total. The standard InChI is InChI=1S/C8H8N2O2/c9-3-5-1-2-6-8(7(5)11)12-4-10-6/h1-2,4,11H,3,9H2. The second-order valence-electron chi connectivity index (χ2n) is 2.48. The summed E-state index contributed by atoms with van der Waals surface area (Å²) >= 11 is 0. The van der Waals surface area contributed by atoms with Crippen LogP contribution in [0.15, 0.2) is 22.9 Å². The molecule has 2 rings (SSSR count). The van der Waals surface area contributed by atoms with Crippen molar-refractivity contribution in [2.45, 2.75) is 6.54 Å². The Morgan fingerprint density at radius 2 is 2.33 bits per heavy atom. The van der Waals surface area contributed by atoms with Crippen molar-refractivity contribution in [1.82, 2.24) is 4.98 Å². The molecule has 12 heavy (non-hydrogen) atoms. The second kappa shape index (κ2) is 2.49. The molecule has 2 aromatic rings. The van der Waals surface area contributed by atoms with Crippen molar-refractivity contribution in [3.05, 3.63) is 24.1 Å². The topological polar surface area (TPSA) is 72.3 Å². The van der Waals surface area contributed by atoms with Gasteiger partial charge in [-0.05, 0) is 6.07 Å². The molecule has 1 aromatic heterocycles. The van der Waals surface area contributed by atoms with E-state index in [4.69, 9.17) is 10.2 Å². The fourth-order valence-corrected chi connectivity index (χ4v) is 1.12. The van der Waals surface area contributed by atoms with Gasteiger partial charge in [-0.3, -0.25) is 0 Å². The fraction of sp³-hybridized carbons (Fsp3) is 0.125. The van der Waals surface area contributed by atoms with Crippen LogP contribution >= 0.6 is 0 Å². The number of nitrogens with zero attached hydrogens (tertiary/aromatic N) is 1. The lowest BCUT2D eigenvalue weighted by Gasteiger charge is -1.99. The zero-order valence-electron chi connectivity index (χ0n) is 6.32. The summed E-state index contributed by atoms with van der Waals surface area (Å²) < 4.78 is 4.97. The summed E-state index contributed by atoms with van der Waals surface area (Å²) in [7, 11) is 0. The number of aromatic hydroxyl groups is 1. The number of benzene rings is 1. The molecule has 3 N–H and O–H groups in total. The van der Waals surface area contributed by atoms with Crippen LogP contribution in [0.25, 0.3) is 11.1 Å². The molecular formula is C8H8N2O2. The smallest absolute Gasteiger partial charge is 0.196 e. The molecule has 0 aliphatic carbocycles. The number of phenols is 1. The third-order valence-electron chi connectivity index (χ3n) is 1.78. The van der Waals surface area contributed by atoms with Crippen molar-refractivity contribution in [2.24, 2.45) is 5.73 Å². The van der Waals surface area contributed by atoms with Crippen LogP contribution in [0.1, 0.15) is 5.56 Å². The number of nitrogens with two attached hydrogens (primary N) is 1. The molecule has 0 amide bonds. The van der Waals surface area contributed by atoms with Gasteiger partial charge in [0, 0.05) is 12.1 Å². The summed E-state index contributed by atoms with van der Waals surface area (Å²) in [5.41, 5.74) is 7.10. The molecular weight excluding hydrogens is 156 g/mol. The van der Waals surface area contributed by atoms with Gasteiger partial charge in [0.25, 0.3) is 0 Å². The highest BCUT2D eigenvalue weighted by molar-refractivity contribution is 5.80. The van der Waals surface area contributed by atoms with Gasteiger partial charge in [0.15, 0.2) is 17.7 Å². The van der Waals surface area contributed by atoms with Gasteiger partial charge in [0.1, 0.15) is 5.52 Å². The Balaban J connectivity index is 2.78. The van der Waals surface area contributed by atoms with Crippen molar-refractivity contribution in [3.8, 4) is 5.75 Å². The number of phenolic OH excluding ortho intramolecular Hbond substituents is 1. The third kappa shape index (κ3) is 0.853. The van der Waals surface area contributed by atoms with Crippen LogP contribution in [0.4, 0.5) is 0 Å². The van der Waals surface area contributed by atoms with E-state index < -0.39 is 0 Å². The minimum absolute atomic E-state index is 0.0903. The van der Waals surface area contributed by atoms with E-state index in [1.54, 1.807) is 12.1 Å². The van der Waals surface area contributed by atoms with Crippen molar-refractivity contribution >= 4 is 11.1 Å². The van der Waals surface area contributed by atoms with E-state index in [0.717, 1.165) is 0 Å². The summed E-state index contributed by atoms with van der Waals surface area (Å²) in [4.78, 5) is 3.89. The molecule has 62 valence electrons. The molecule has 0 spiro atoms. The van der Waals surface area contributed by atoms with Crippen LogP contribution in [0.3, 0.4) is 0 Å². The normalized spacial score (nSPS) is 10.8. The monoisotopic (exact) mass is 164 g/mol. The summed E-state index contributed by atoms with van der Waals surface area (Å²) in [5.74, 6) is 0.0903. The molecule has 0 atom stereocenters.